The Bertz CT molecular complexity index is 1240. The van der Waals surface area contributed by atoms with Gasteiger partial charge in [-0.3, -0.25) is 9.59 Å². The molecule has 5 nitrogen and oxygen atoms in total. The van der Waals surface area contributed by atoms with Crippen molar-refractivity contribution in [2.75, 3.05) is 5.75 Å². The van der Waals surface area contributed by atoms with E-state index in [-0.39, 0.29) is 23.8 Å². The van der Waals surface area contributed by atoms with Crippen LogP contribution in [-0.4, -0.2) is 26.5 Å². The molecule has 3 aromatic carbocycles. The Balaban J connectivity index is 1.55. The largest absolute Gasteiger partial charge is 0.330 e. The van der Waals surface area contributed by atoms with Gasteiger partial charge in [0.1, 0.15) is 5.82 Å². The van der Waals surface area contributed by atoms with E-state index in [1.165, 1.54) is 11.8 Å². The van der Waals surface area contributed by atoms with E-state index >= 15 is 0 Å². The van der Waals surface area contributed by atoms with Crippen molar-refractivity contribution in [2.45, 2.75) is 18.0 Å². The van der Waals surface area contributed by atoms with Gasteiger partial charge in [0.2, 0.25) is 5.91 Å². The normalized spacial score (nSPS) is 10.9. The molecule has 0 atom stereocenters. The molecule has 7 heteroatoms. The molecule has 31 heavy (non-hydrogen) atoms. The van der Waals surface area contributed by atoms with Crippen LogP contribution in [0.1, 0.15) is 11.4 Å². The maximum absolute atomic E-state index is 13.1. The number of aromatic amines is 1. The Morgan fingerprint density at radius 1 is 0.935 bits per heavy atom. The summed E-state index contributed by atoms with van der Waals surface area (Å²) in [5.41, 5.74) is 1.42. The number of rotatable bonds is 7. The number of amides is 1. The standard InChI is InChI=1S/C24H20ClN3O2S/c25-18-10-12-19(13-11-18)31-16-23(29)28(14-17-6-2-1-3-7-17)15-22-26-21-9-5-4-8-20(21)24(30)27-22/h1-13H,14-16H2,(H,26,27,30). The Morgan fingerprint density at radius 2 is 1.65 bits per heavy atom. The zero-order valence-corrected chi connectivity index (χ0v) is 18.2. The summed E-state index contributed by atoms with van der Waals surface area (Å²) in [6.07, 6.45) is 0. The average molecular weight is 450 g/mol. The van der Waals surface area contributed by atoms with Gasteiger partial charge in [-0.25, -0.2) is 4.98 Å². The number of fused-ring (bicyclic) bond motifs is 1. The van der Waals surface area contributed by atoms with Crippen molar-refractivity contribution in [2.24, 2.45) is 0 Å². The van der Waals surface area contributed by atoms with Crippen LogP contribution in [0.5, 0.6) is 0 Å². The van der Waals surface area contributed by atoms with Gasteiger partial charge in [-0.15, -0.1) is 11.8 Å². The predicted molar refractivity (Wildman–Crippen MR) is 125 cm³/mol. The molecule has 0 aliphatic carbocycles. The molecule has 4 aromatic rings. The number of H-pyrrole nitrogens is 1. The number of halogens is 1. The summed E-state index contributed by atoms with van der Waals surface area (Å²) < 4.78 is 0. The highest BCUT2D eigenvalue weighted by Crippen LogP contribution is 2.21. The zero-order chi connectivity index (χ0) is 21.6. The molecule has 0 aliphatic rings. The van der Waals surface area contributed by atoms with Gasteiger partial charge in [-0.2, -0.15) is 0 Å². The highest BCUT2D eigenvalue weighted by molar-refractivity contribution is 8.00. The van der Waals surface area contributed by atoms with E-state index in [1.54, 1.807) is 35.2 Å². The lowest BCUT2D eigenvalue weighted by atomic mass is 10.2. The maximum atomic E-state index is 13.1. The van der Waals surface area contributed by atoms with Crippen LogP contribution < -0.4 is 5.56 Å². The molecule has 0 spiro atoms. The number of thioether (sulfide) groups is 1. The number of para-hydroxylation sites is 1. The summed E-state index contributed by atoms with van der Waals surface area (Å²) in [4.78, 5) is 35.6. The van der Waals surface area contributed by atoms with E-state index in [0.717, 1.165) is 10.5 Å². The van der Waals surface area contributed by atoms with E-state index in [9.17, 15) is 9.59 Å². The van der Waals surface area contributed by atoms with E-state index in [4.69, 9.17) is 11.6 Å². The Kier molecular flexibility index (Phi) is 6.70. The van der Waals surface area contributed by atoms with Crippen molar-refractivity contribution in [1.82, 2.24) is 14.9 Å². The molecule has 156 valence electrons. The summed E-state index contributed by atoms with van der Waals surface area (Å²) in [7, 11) is 0. The summed E-state index contributed by atoms with van der Waals surface area (Å²) >= 11 is 7.39. The summed E-state index contributed by atoms with van der Waals surface area (Å²) in [6, 6.07) is 24.3. The summed E-state index contributed by atoms with van der Waals surface area (Å²) in [6.45, 7) is 0.645. The fourth-order valence-electron chi connectivity index (χ4n) is 3.19. The maximum Gasteiger partial charge on any atom is 0.258 e. The average Bonchev–Trinajstić information content (AvgIpc) is 2.79. The van der Waals surface area contributed by atoms with Crippen LogP contribution in [0.3, 0.4) is 0 Å². The van der Waals surface area contributed by atoms with Gasteiger partial charge in [0.25, 0.3) is 5.56 Å². The first kappa shape index (κ1) is 21.2. The van der Waals surface area contributed by atoms with Crippen molar-refractivity contribution < 1.29 is 4.79 Å². The van der Waals surface area contributed by atoms with E-state index in [0.29, 0.717) is 28.3 Å². The minimum Gasteiger partial charge on any atom is -0.330 e. The van der Waals surface area contributed by atoms with E-state index in [2.05, 4.69) is 9.97 Å². The molecule has 1 heterocycles. The quantitative estimate of drug-likeness (QED) is 0.407. The Morgan fingerprint density at radius 3 is 2.42 bits per heavy atom. The first-order chi connectivity index (χ1) is 15.1. The molecule has 1 N–H and O–H groups in total. The van der Waals surface area contributed by atoms with Gasteiger partial charge in [0, 0.05) is 16.5 Å². The minimum atomic E-state index is -0.205. The molecule has 1 aromatic heterocycles. The number of carbonyl (C=O) groups excluding carboxylic acids is 1. The second kappa shape index (κ2) is 9.81. The third-order valence-electron chi connectivity index (χ3n) is 4.75. The molecule has 0 fully saturated rings. The highest BCUT2D eigenvalue weighted by Gasteiger charge is 2.17. The van der Waals surface area contributed by atoms with Crippen molar-refractivity contribution in [3.8, 4) is 0 Å². The van der Waals surface area contributed by atoms with Gasteiger partial charge < -0.3 is 9.88 Å². The van der Waals surface area contributed by atoms with Crippen LogP contribution in [0.25, 0.3) is 10.9 Å². The monoisotopic (exact) mass is 449 g/mol. The fourth-order valence-corrected chi connectivity index (χ4v) is 4.12. The topological polar surface area (TPSA) is 66.1 Å². The first-order valence-corrected chi connectivity index (χ1v) is 11.1. The van der Waals surface area contributed by atoms with Crippen molar-refractivity contribution in [3.63, 3.8) is 0 Å². The van der Waals surface area contributed by atoms with Gasteiger partial charge in [0.15, 0.2) is 0 Å². The lowest BCUT2D eigenvalue weighted by Gasteiger charge is -2.22. The third-order valence-corrected chi connectivity index (χ3v) is 6.00. The Hall–Kier alpha value is -3.09. The fraction of sp³-hybridized carbons (Fsp3) is 0.125. The number of hydrogen-bond acceptors (Lipinski definition) is 4. The van der Waals surface area contributed by atoms with Crippen LogP contribution in [0.15, 0.2) is 88.6 Å². The van der Waals surface area contributed by atoms with Crippen molar-refractivity contribution in [1.29, 1.82) is 0 Å². The number of aromatic nitrogens is 2. The number of benzene rings is 3. The molecule has 0 saturated carbocycles. The van der Waals surface area contributed by atoms with Crippen LogP contribution in [0.4, 0.5) is 0 Å². The lowest BCUT2D eigenvalue weighted by molar-refractivity contribution is -0.129. The molecule has 1 amide bonds. The number of nitrogens with one attached hydrogen (secondary N) is 1. The summed E-state index contributed by atoms with van der Waals surface area (Å²) in [5, 5.41) is 1.19. The van der Waals surface area contributed by atoms with Crippen molar-refractivity contribution in [3.05, 3.63) is 106 Å². The van der Waals surface area contributed by atoms with Crippen LogP contribution in [-0.2, 0) is 17.9 Å². The minimum absolute atomic E-state index is 0.0420. The van der Waals surface area contributed by atoms with Crippen LogP contribution >= 0.6 is 23.4 Å². The van der Waals surface area contributed by atoms with Gasteiger partial charge in [-0.1, -0.05) is 54.1 Å². The molecular formula is C24H20ClN3O2S. The van der Waals surface area contributed by atoms with E-state index in [1.807, 2.05) is 48.5 Å². The molecule has 0 unspecified atom stereocenters. The molecule has 4 rings (SSSR count). The molecule has 0 radical (unpaired) electrons. The third kappa shape index (κ3) is 5.54. The van der Waals surface area contributed by atoms with Crippen LogP contribution in [0, 0.1) is 0 Å². The zero-order valence-electron chi connectivity index (χ0n) is 16.6. The Labute approximate surface area is 189 Å². The van der Waals surface area contributed by atoms with Gasteiger partial charge in [-0.05, 0) is 42.0 Å². The smallest absolute Gasteiger partial charge is 0.258 e. The first-order valence-electron chi connectivity index (χ1n) is 9.76. The number of nitrogens with zero attached hydrogens (tertiary/aromatic N) is 2. The lowest BCUT2D eigenvalue weighted by Crippen LogP contribution is -2.33. The van der Waals surface area contributed by atoms with Gasteiger partial charge >= 0.3 is 0 Å². The second-order valence-corrected chi connectivity index (χ2v) is 8.49. The predicted octanol–water partition coefficient (Wildman–Crippen LogP) is 4.90. The van der Waals surface area contributed by atoms with Crippen molar-refractivity contribution >= 4 is 40.2 Å². The highest BCUT2D eigenvalue weighted by atomic mass is 35.5. The molecule has 0 saturated heterocycles. The van der Waals surface area contributed by atoms with Gasteiger partial charge in [0.05, 0.1) is 23.2 Å². The SMILES string of the molecule is O=C(CSc1ccc(Cl)cc1)N(Cc1ccccc1)Cc1nc2ccccc2c(=O)[nH]1. The second-order valence-electron chi connectivity index (χ2n) is 7.01. The number of hydrogen-bond donors (Lipinski definition) is 1. The molecule has 0 bridgehead atoms. The van der Waals surface area contributed by atoms with Crippen LogP contribution in [0.2, 0.25) is 5.02 Å². The van der Waals surface area contributed by atoms with E-state index < -0.39 is 0 Å². The summed E-state index contributed by atoms with van der Waals surface area (Å²) in [5.74, 6) is 0.691. The molecular weight excluding hydrogens is 430 g/mol. The number of carbonyl (C=O) groups is 1. The molecule has 0 aliphatic heterocycles.